The van der Waals surface area contributed by atoms with E-state index in [1.807, 2.05) is 6.20 Å². The fraction of sp³-hybridized carbons (Fsp3) is 0.261. The lowest BCUT2D eigenvalue weighted by atomic mass is 10.0. The molecule has 0 bridgehead atoms. The van der Waals surface area contributed by atoms with E-state index in [1.54, 1.807) is 0 Å². The zero-order valence-corrected chi connectivity index (χ0v) is 14.8. The van der Waals surface area contributed by atoms with Crippen LogP contribution in [0.4, 0.5) is 5.69 Å². The molecule has 2 heterocycles. The van der Waals surface area contributed by atoms with Gasteiger partial charge in [-0.1, -0.05) is 48.5 Å². The SMILES string of the molecule is Cc1c(N2CCCCC2)ccnc1C=Cc1cccc2ccccc12. The molecule has 25 heavy (non-hydrogen) atoms. The van der Waals surface area contributed by atoms with Gasteiger partial charge in [-0.15, -0.1) is 0 Å². The van der Waals surface area contributed by atoms with Crippen LogP contribution < -0.4 is 4.90 Å². The van der Waals surface area contributed by atoms with Gasteiger partial charge in [-0.3, -0.25) is 4.98 Å². The van der Waals surface area contributed by atoms with Crippen LogP contribution in [0, 0.1) is 6.92 Å². The Morgan fingerprint density at radius 1 is 0.880 bits per heavy atom. The molecule has 2 heteroatoms. The fourth-order valence-corrected chi connectivity index (χ4v) is 3.75. The first-order valence-electron chi connectivity index (χ1n) is 9.19. The van der Waals surface area contributed by atoms with Crippen molar-refractivity contribution in [2.75, 3.05) is 18.0 Å². The van der Waals surface area contributed by atoms with Gasteiger partial charge in [0.15, 0.2) is 0 Å². The van der Waals surface area contributed by atoms with Crippen LogP contribution in [0.15, 0.2) is 54.7 Å². The summed E-state index contributed by atoms with van der Waals surface area (Å²) in [5.74, 6) is 0. The molecule has 0 amide bonds. The lowest BCUT2D eigenvalue weighted by molar-refractivity contribution is 0.577. The zero-order valence-electron chi connectivity index (χ0n) is 14.8. The first kappa shape index (κ1) is 15.9. The third-order valence-corrected chi connectivity index (χ3v) is 5.16. The monoisotopic (exact) mass is 328 g/mol. The van der Waals surface area contributed by atoms with Crippen LogP contribution >= 0.6 is 0 Å². The van der Waals surface area contributed by atoms with Gasteiger partial charge in [0.1, 0.15) is 0 Å². The fourth-order valence-electron chi connectivity index (χ4n) is 3.75. The maximum Gasteiger partial charge on any atom is 0.0679 e. The Hall–Kier alpha value is -2.61. The van der Waals surface area contributed by atoms with Crippen molar-refractivity contribution in [3.63, 3.8) is 0 Å². The predicted octanol–water partition coefficient (Wildman–Crippen LogP) is 5.70. The minimum absolute atomic E-state index is 1.07. The Bertz CT molecular complexity index is 900. The summed E-state index contributed by atoms with van der Waals surface area (Å²) in [6.45, 7) is 4.52. The molecule has 0 unspecified atom stereocenters. The van der Waals surface area contributed by atoms with E-state index in [9.17, 15) is 0 Å². The van der Waals surface area contributed by atoms with Gasteiger partial charge in [0.2, 0.25) is 0 Å². The van der Waals surface area contributed by atoms with Crippen LogP contribution in [0.2, 0.25) is 0 Å². The number of benzene rings is 2. The summed E-state index contributed by atoms with van der Waals surface area (Å²) < 4.78 is 0. The van der Waals surface area contributed by atoms with Gasteiger partial charge >= 0.3 is 0 Å². The van der Waals surface area contributed by atoms with Crippen molar-refractivity contribution in [3.05, 3.63) is 71.5 Å². The summed E-state index contributed by atoms with van der Waals surface area (Å²) in [6.07, 6.45) is 10.2. The third kappa shape index (κ3) is 3.30. The van der Waals surface area contributed by atoms with E-state index in [1.165, 1.54) is 46.8 Å². The molecule has 0 saturated carbocycles. The Labute approximate surface area is 149 Å². The van der Waals surface area contributed by atoms with Gasteiger partial charge in [-0.2, -0.15) is 0 Å². The molecule has 0 spiro atoms. The zero-order chi connectivity index (χ0) is 17.1. The minimum Gasteiger partial charge on any atom is -0.371 e. The Balaban J connectivity index is 1.67. The Morgan fingerprint density at radius 3 is 2.56 bits per heavy atom. The van der Waals surface area contributed by atoms with E-state index in [-0.39, 0.29) is 0 Å². The lowest BCUT2D eigenvalue weighted by Gasteiger charge is -2.30. The van der Waals surface area contributed by atoms with Crippen molar-refractivity contribution < 1.29 is 0 Å². The second-order valence-corrected chi connectivity index (χ2v) is 6.79. The largest absolute Gasteiger partial charge is 0.371 e. The van der Waals surface area contributed by atoms with Gasteiger partial charge in [-0.05, 0) is 60.2 Å². The molecule has 0 atom stereocenters. The summed E-state index contributed by atoms with van der Waals surface area (Å²) >= 11 is 0. The number of fused-ring (bicyclic) bond motifs is 1. The average Bonchev–Trinajstić information content (AvgIpc) is 2.68. The van der Waals surface area contributed by atoms with Crippen molar-refractivity contribution in [1.29, 1.82) is 0 Å². The van der Waals surface area contributed by atoms with E-state index >= 15 is 0 Å². The number of nitrogens with zero attached hydrogens (tertiary/aromatic N) is 2. The van der Waals surface area contributed by atoms with Gasteiger partial charge in [-0.25, -0.2) is 0 Å². The van der Waals surface area contributed by atoms with E-state index in [0.29, 0.717) is 0 Å². The Kier molecular flexibility index (Phi) is 4.51. The maximum atomic E-state index is 4.62. The molecule has 126 valence electrons. The number of hydrogen-bond acceptors (Lipinski definition) is 2. The summed E-state index contributed by atoms with van der Waals surface area (Å²) in [6, 6.07) is 17.1. The lowest BCUT2D eigenvalue weighted by Crippen LogP contribution is -2.30. The van der Waals surface area contributed by atoms with Crippen LogP contribution in [-0.4, -0.2) is 18.1 Å². The summed E-state index contributed by atoms with van der Waals surface area (Å²) in [5.41, 5.74) is 4.92. The molecule has 4 rings (SSSR count). The molecule has 1 aromatic heterocycles. The molecule has 1 aliphatic heterocycles. The van der Waals surface area contributed by atoms with Crippen molar-refractivity contribution >= 4 is 28.6 Å². The van der Waals surface area contributed by atoms with Crippen LogP contribution in [0.5, 0.6) is 0 Å². The highest BCUT2D eigenvalue weighted by Gasteiger charge is 2.14. The van der Waals surface area contributed by atoms with E-state index in [2.05, 4.69) is 77.5 Å². The first-order valence-corrected chi connectivity index (χ1v) is 9.19. The first-order chi connectivity index (χ1) is 12.3. The highest BCUT2D eigenvalue weighted by atomic mass is 15.1. The van der Waals surface area contributed by atoms with Crippen molar-refractivity contribution in [2.45, 2.75) is 26.2 Å². The topological polar surface area (TPSA) is 16.1 Å². The van der Waals surface area contributed by atoms with Gasteiger partial charge < -0.3 is 4.90 Å². The molecule has 2 aromatic carbocycles. The van der Waals surface area contributed by atoms with E-state index < -0.39 is 0 Å². The average molecular weight is 328 g/mol. The molecule has 1 fully saturated rings. The molecular formula is C23H24N2. The minimum atomic E-state index is 1.07. The molecule has 2 nitrogen and oxygen atoms in total. The summed E-state index contributed by atoms with van der Waals surface area (Å²) in [5, 5.41) is 2.56. The number of rotatable bonds is 3. The number of aromatic nitrogens is 1. The van der Waals surface area contributed by atoms with Crippen LogP contribution in [0.25, 0.3) is 22.9 Å². The number of piperidine rings is 1. The quantitative estimate of drug-likeness (QED) is 0.613. The third-order valence-electron chi connectivity index (χ3n) is 5.16. The number of hydrogen-bond donors (Lipinski definition) is 0. The number of pyridine rings is 1. The van der Waals surface area contributed by atoms with E-state index in [0.717, 1.165) is 18.8 Å². The smallest absolute Gasteiger partial charge is 0.0679 e. The predicted molar refractivity (Wildman–Crippen MR) is 108 cm³/mol. The number of anilines is 1. The molecule has 1 aliphatic rings. The van der Waals surface area contributed by atoms with Crippen LogP contribution in [-0.2, 0) is 0 Å². The second-order valence-electron chi connectivity index (χ2n) is 6.79. The van der Waals surface area contributed by atoms with Crippen molar-refractivity contribution in [3.8, 4) is 0 Å². The van der Waals surface area contributed by atoms with Crippen LogP contribution in [0.3, 0.4) is 0 Å². The maximum absolute atomic E-state index is 4.62. The molecular weight excluding hydrogens is 304 g/mol. The van der Waals surface area contributed by atoms with Crippen molar-refractivity contribution in [2.24, 2.45) is 0 Å². The summed E-state index contributed by atoms with van der Waals surface area (Å²) in [7, 11) is 0. The summed E-state index contributed by atoms with van der Waals surface area (Å²) in [4.78, 5) is 7.13. The highest BCUT2D eigenvalue weighted by molar-refractivity contribution is 5.92. The Morgan fingerprint density at radius 2 is 1.68 bits per heavy atom. The molecule has 3 aromatic rings. The molecule has 0 aliphatic carbocycles. The van der Waals surface area contributed by atoms with Gasteiger partial charge in [0.05, 0.1) is 5.69 Å². The molecule has 0 N–H and O–H groups in total. The molecule has 1 saturated heterocycles. The standard InChI is InChI=1S/C23H24N2/c1-18-22(24-15-14-23(18)25-16-5-2-6-17-25)13-12-20-10-7-9-19-8-3-4-11-21(19)20/h3-4,7-15H,2,5-6,16-17H2,1H3. The van der Waals surface area contributed by atoms with E-state index in [4.69, 9.17) is 0 Å². The normalized spacial score (nSPS) is 15.2. The highest BCUT2D eigenvalue weighted by Crippen LogP contribution is 2.26. The van der Waals surface area contributed by atoms with Crippen LogP contribution in [0.1, 0.15) is 36.1 Å². The van der Waals surface area contributed by atoms with Crippen molar-refractivity contribution in [1.82, 2.24) is 4.98 Å². The van der Waals surface area contributed by atoms with Gasteiger partial charge in [0, 0.05) is 25.0 Å². The second kappa shape index (κ2) is 7.10. The van der Waals surface area contributed by atoms with Gasteiger partial charge in [0.25, 0.3) is 0 Å². The molecule has 0 radical (unpaired) electrons.